The maximum Gasteiger partial charge on any atom is 0.426 e. The van der Waals surface area contributed by atoms with Crippen molar-refractivity contribution in [3.8, 4) is 0 Å². The van der Waals surface area contributed by atoms with Gasteiger partial charge in [-0.15, -0.1) is 0 Å². The molecular formula is C9H8N2O3. The number of hydrogen-bond donors (Lipinski definition) is 2. The van der Waals surface area contributed by atoms with Crippen molar-refractivity contribution in [2.75, 3.05) is 12.0 Å². The predicted molar refractivity (Wildman–Crippen MR) is 49.1 cm³/mol. The fourth-order valence-electron chi connectivity index (χ4n) is 1.35. The monoisotopic (exact) mass is 192 g/mol. The Balaban J connectivity index is 2.38. The minimum atomic E-state index is -1.16. The van der Waals surface area contributed by atoms with E-state index in [9.17, 15) is 9.59 Å². The summed E-state index contributed by atoms with van der Waals surface area (Å²) in [5, 5.41) is 9.56. The van der Waals surface area contributed by atoms with Gasteiger partial charge >= 0.3 is 6.09 Å². The van der Waals surface area contributed by atoms with E-state index in [1.807, 2.05) is 0 Å². The molecule has 0 aromatic heterocycles. The lowest BCUT2D eigenvalue weighted by Gasteiger charge is -2.26. The fraction of sp³-hybridized carbons (Fsp3) is 0.111. The molecule has 1 heterocycles. The van der Waals surface area contributed by atoms with Crippen molar-refractivity contribution in [2.24, 2.45) is 0 Å². The van der Waals surface area contributed by atoms with Crippen LogP contribution in [0.5, 0.6) is 0 Å². The van der Waals surface area contributed by atoms with Crippen molar-refractivity contribution in [3.63, 3.8) is 0 Å². The van der Waals surface area contributed by atoms with Gasteiger partial charge in [0.1, 0.15) is 6.54 Å². The second-order valence-corrected chi connectivity index (χ2v) is 2.95. The molecule has 0 radical (unpaired) electrons. The zero-order valence-corrected chi connectivity index (χ0v) is 7.23. The van der Waals surface area contributed by atoms with E-state index in [2.05, 4.69) is 5.43 Å². The number of hydrazine groups is 1. The summed E-state index contributed by atoms with van der Waals surface area (Å²) < 4.78 is 0. The Labute approximate surface area is 79.9 Å². The molecule has 1 aromatic carbocycles. The lowest BCUT2D eigenvalue weighted by molar-refractivity contribution is 0.0915. The average molecular weight is 192 g/mol. The number of hydrogen-bond acceptors (Lipinski definition) is 3. The Bertz CT molecular complexity index is 403. The summed E-state index contributed by atoms with van der Waals surface area (Å²) in [7, 11) is 0. The van der Waals surface area contributed by atoms with Crippen molar-refractivity contribution in [2.45, 2.75) is 0 Å². The van der Waals surface area contributed by atoms with Gasteiger partial charge in [-0.25, -0.2) is 9.80 Å². The van der Waals surface area contributed by atoms with Gasteiger partial charge < -0.3 is 5.11 Å². The summed E-state index contributed by atoms with van der Waals surface area (Å²) in [6.45, 7) is -0.146. The molecule has 0 unspecified atom stereocenters. The van der Waals surface area contributed by atoms with Crippen molar-refractivity contribution in [1.82, 2.24) is 5.01 Å². The lowest BCUT2D eigenvalue weighted by Crippen LogP contribution is -2.43. The summed E-state index contributed by atoms with van der Waals surface area (Å²) in [5.41, 5.74) is 3.71. The van der Waals surface area contributed by atoms with Crippen LogP contribution >= 0.6 is 0 Å². The Morgan fingerprint density at radius 2 is 2.14 bits per heavy atom. The van der Waals surface area contributed by atoms with Crippen LogP contribution in [0.3, 0.4) is 0 Å². The zero-order chi connectivity index (χ0) is 10.1. The number of fused-ring (bicyclic) bond motifs is 1. The van der Waals surface area contributed by atoms with Crippen LogP contribution in [0.4, 0.5) is 10.5 Å². The molecule has 1 aliphatic rings. The Morgan fingerprint density at radius 3 is 2.86 bits per heavy atom. The summed E-state index contributed by atoms with van der Waals surface area (Å²) in [6, 6.07) is 6.82. The van der Waals surface area contributed by atoms with Crippen LogP contribution in [0.15, 0.2) is 24.3 Å². The molecule has 0 bridgehead atoms. The van der Waals surface area contributed by atoms with E-state index in [-0.39, 0.29) is 12.3 Å². The number of anilines is 1. The summed E-state index contributed by atoms with van der Waals surface area (Å²) >= 11 is 0. The number of nitrogens with zero attached hydrogens (tertiary/aromatic N) is 1. The molecule has 0 saturated heterocycles. The first-order valence-electron chi connectivity index (χ1n) is 4.08. The predicted octanol–water partition coefficient (Wildman–Crippen LogP) is 1.19. The number of carbonyl (C=O) groups excluding carboxylic acids is 1. The Morgan fingerprint density at radius 1 is 1.43 bits per heavy atom. The van der Waals surface area contributed by atoms with Crippen molar-refractivity contribution in [1.29, 1.82) is 0 Å². The van der Waals surface area contributed by atoms with E-state index in [0.717, 1.165) is 5.01 Å². The van der Waals surface area contributed by atoms with E-state index in [1.54, 1.807) is 24.3 Å². The van der Waals surface area contributed by atoms with Gasteiger partial charge in [0.15, 0.2) is 5.78 Å². The lowest BCUT2D eigenvalue weighted by atomic mass is 10.1. The van der Waals surface area contributed by atoms with Gasteiger partial charge in [-0.1, -0.05) is 12.1 Å². The second-order valence-electron chi connectivity index (χ2n) is 2.95. The Kier molecular flexibility index (Phi) is 1.85. The topological polar surface area (TPSA) is 69.6 Å². The van der Waals surface area contributed by atoms with Crippen LogP contribution in [-0.4, -0.2) is 28.5 Å². The third kappa shape index (κ3) is 1.28. The summed E-state index contributed by atoms with van der Waals surface area (Å²) in [6.07, 6.45) is -1.16. The smallest absolute Gasteiger partial charge is 0.426 e. The van der Waals surface area contributed by atoms with Crippen molar-refractivity contribution in [3.05, 3.63) is 29.8 Å². The first-order chi connectivity index (χ1) is 6.68. The highest BCUT2D eigenvalue weighted by Crippen LogP contribution is 2.20. The van der Waals surface area contributed by atoms with Crippen LogP contribution in [0.2, 0.25) is 0 Å². The summed E-state index contributed by atoms with van der Waals surface area (Å²) in [4.78, 5) is 22.1. The number of carboxylic acid groups (broad SMARTS) is 1. The van der Waals surface area contributed by atoms with Crippen molar-refractivity contribution < 1.29 is 14.7 Å². The molecule has 0 fully saturated rings. The Hall–Kier alpha value is -2.04. The molecule has 72 valence electrons. The minimum Gasteiger partial charge on any atom is -0.464 e. The molecule has 0 aliphatic carbocycles. The molecule has 0 spiro atoms. The first kappa shape index (κ1) is 8.55. The maximum absolute atomic E-state index is 11.5. The van der Waals surface area contributed by atoms with Crippen LogP contribution < -0.4 is 5.43 Å². The number of rotatable bonds is 0. The van der Waals surface area contributed by atoms with E-state index in [1.165, 1.54) is 0 Å². The van der Waals surface area contributed by atoms with Crippen LogP contribution in [0, 0.1) is 0 Å². The molecule has 0 atom stereocenters. The third-order valence-electron chi connectivity index (χ3n) is 2.02. The van der Waals surface area contributed by atoms with E-state index in [0.29, 0.717) is 11.3 Å². The zero-order valence-electron chi connectivity index (χ0n) is 7.23. The largest absolute Gasteiger partial charge is 0.464 e. The molecular weight excluding hydrogens is 184 g/mol. The third-order valence-corrected chi connectivity index (χ3v) is 2.02. The van der Waals surface area contributed by atoms with Gasteiger partial charge in [-0.2, -0.15) is 0 Å². The highest BCUT2D eigenvalue weighted by Gasteiger charge is 2.25. The van der Waals surface area contributed by atoms with Crippen LogP contribution in [-0.2, 0) is 0 Å². The fourth-order valence-corrected chi connectivity index (χ4v) is 1.35. The molecule has 1 aromatic rings. The first-order valence-corrected chi connectivity index (χ1v) is 4.08. The van der Waals surface area contributed by atoms with Gasteiger partial charge in [0.2, 0.25) is 0 Å². The number of Topliss-reactive ketones (excluding diaryl/α,β-unsaturated/α-hetero) is 1. The minimum absolute atomic E-state index is 0.146. The molecule has 14 heavy (non-hydrogen) atoms. The molecule has 2 rings (SSSR count). The highest BCUT2D eigenvalue weighted by molar-refractivity contribution is 6.05. The number of amides is 1. The number of para-hydroxylation sites is 1. The molecule has 5 nitrogen and oxygen atoms in total. The van der Waals surface area contributed by atoms with Gasteiger partial charge in [0, 0.05) is 5.56 Å². The normalized spacial score (nSPS) is 14.6. The molecule has 1 aliphatic heterocycles. The van der Waals surface area contributed by atoms with Crippen molar-refractivity contribution >= 4 is 17.6 Å². The van der Waals surface area contributed by atoms with Gasteiger partial charge in [-0.05, 0) is 12.1 Å². The standard InChI is InChI=1S/C9H8N2O3/c12-8-5-11(9(13)14)10-7-4-2-1-3-6(7)8/h1-4,10H,5H2,(H,13,14). The molecule has 2 N–H and O–H groups in total. The van der Waals surface area contributed by atoms with Gasteiger partial charge in [0.25, 0.3) is 0 Å². The second kappa shape index (κ2) is 3.02. The van der Waals surface area contributed by atoms with E-state index >= 15 is 0 Å². The van der Waals surface area contributed by atoms with Crippen LogP contribution in [0.25, 0.3) is 0 Å². The average Bonchev–Trinajstić information content (AvgIpc) is 2.17. The van der Waals surface area contributed by atoms with E-state index in [4.69, 9.17) is 5.11 Å². The highest BCUT2D eigenvalue weighted by atomic mass is 16.4. The van der Waals surface area contributed by atoms with Crippen LogP contribution in [0.1, 0.15) is 10.4 Å². The number of nitrogens with one attached hydrogen (secondary N) is 1. The van der Waals surface area contributed by atoms with E-state index < -0.39 is 6.09 Å². The molecule has 0 saturated carbocycles. The quantitative estimate of drug-likeness (QED) is 0.647. The van der Waals surface area contributed by atoms with Gasteiger partial charge in [-0.3, -0.25) is 10.2 Å². The summed E-state index contributed by atoms with van der Waals surface area (Å²) in [5.74, 6) is -0.193. The number of benzene rings is 1. The number of carbonyl (C=O) groups is 2. The molecule has 5 heteroatoms. The SMILES string of the molecule is O=C1CN(C(=O)O)Nc2ccccc21. The molecule has 1 amide bonds. The van der Waals surface area contributed by atoms with Gasteiger partial charge in [0.05, 0.1) is 5.69 Å². The maximum atomic E-state index is 11.5. The number of ketones is 1.